The molecule has 3 unspecified atom stereocenters. The third kappa shape index (κ3) is 13.6. The number of esters is 2. The van der Waals surface area contributed by atoms with E-state index >= 15 is 0 Å². The van der Waals surface area contributed by atoms with Crippen molar-refractivity contribution in [1.29, 1.82) is 0 Å². The van der Waals surface area contributed by atoms with Crippen LogP contribution in [0.4, 0.5) is 0 Å². The lowest BCUT2D eigenvalue weighted by molar-refractivity contribution is -0.160. The molecule has 0 radical (unpaired) electrons. The first-order chi connectivity index (χ1) is 17.3. The summed E-state index contributed by atoms with van der Waals surface area (Å²) >= 11 is 0. The third-order valence-electron chi connectivity index (χ3n) is 6.98. The minimum absolute atomic E-state index is 0. The van der Waals surface area contributed by atoms with Crippen molar-refractivity contribution >= 4 is 47.8 Å². The van der Waals surface area contributed by atoms with Crippen LogP contribution in [0.2, 0.25) is 0 Å². The van der Waals surface area contributed by atoms with Gasteiger partial charge in [-0.25, -0.2) is 0 Å². The van der Waals surface area contributed by atoms with Gasteiger partial charge < -0.3 is 14.2 Å². The number of ether oxygens (including phenoxy) is 3. The molecule has 6 nitrogen and oxygen atoms in total. The summed E-state index contributed by atoms with van der Waals surface area (Å²) < 4.78 is 16.9. The van der Waals surface area contributed by atoms with Gasteiger partial charge in [0.05, 0.1) is 18.9 Å². The van der Waals surface area contributed by atoms with Gasteiger partial charge in [-0.1, -0.05) is 75.9 Å². The summed E-state index contributed by atoms with van der Waals surface area (Å²) in [4.78, 5) is 37.3. The SMILES string of the molecule is C=Cc1ccc(CCC(CC(C)=O)OC(=O)CC(CC2CCCCC2)OC(=O)CC(CC)OC)cc1.I.[HH]. The lowest BCUT2D eigenvalue weighted by Gasteiger charge is -2.27. The molecule has 1 fully saturated rings. The largest absolute Gasteiger partial charge is 0.462 e. The van der Waals surface area contributed by atoms with Gasteiger partial charge in [0, 0.05) is 15.0 Å². The second-order valence-corrected chi connectivity index (χ2v) is 10.0. The zero-order chi connectivity index (χ0) is 26.3. The fraction of sp³-hybridized carbons (Fsp3) is 0.633. The Bertz CT molecular complexity index is 834. The van der Waals surface area contributed by atoms with Gasteiger partial charge in [0.1, 0.15) is 18.0 Å². The second kappa shape index (κ2) is 18.5. The van der Waals surface area contributed by atoms with Gasteiger partial charge in [0.25, 0.3) is 0 Å². The molecule has 1 aliphatic carbocycles. The van der Waals surface area contributed by atoms with Gasteiger partial charge in [-0.3, -0.25) is 14.4 Å². The van der Waals surface area contributed by atoms with Crippen LogP contribution in [0.15, 0.2) is 30.8 Å². The lowest BCUT2D eigenvalue weighted by atomic mass is 9.85. The van der Waals surface area contributed by atoms with E-state index in [1.807, 2.05) is 31.2 Å². The molecule has 2 rings (SSSR count). The second-order valence-electron chi connectivity index (χ2n) is 10.0. The van der Waals surface area contributed by atoms with E-state index in [4.69, 9.17) is 14.2 Å². The van der Waals surface area contributed by atoms with E-state index in [0.717, 1.165) is 24.0 Å². The predicted molar refractivity (Wildman–Crippen MR) is 159 cm³/mol. The monoisotopic (exact) mass is 630 g/mol. The Morgan fingerprint density at radius 2 is 1.57 bits per heavy atom. The maximum absolute atomic E-state index is 12.9. The van der Waals surface area contributed by atoms with Gasteiger partial charge in [-0.05, 0) is 49.7 Å². The minimum atomic E-state index is -0.521. The molecule has 7 heteroatoms. The average Bonchev–Trinajstić information content (AvgIpc) is 2.86. The first-order valence-electron chi connectivity index (χ1n) is 13.4. The first kappa shape index (κ1) is 33.3. The highest BCUT2D eigenvalue weighted by Crippen LogP contribution is 2.29. The Labute approximate surface area is 241 Å². The summed E-state index contributed by atoms with van der Waals surface area (Å²) in [6, 6.07) is 8.02. The lowest BCUT2D eigenvalue weighted by Crippen LogP contribution is -2.30. The Kier molecular flexibility index (Phi) is 16.6. The van der Waals surface area contributed by atoms with E-state index in [1.54, 1.807) is 13.2 Å². The molecule has 0 N–H and O–H groups in total. The van der Waals surface area contributed by atoms with Crippen LogP contribution in [-0.4, -0.2) is 43.1 Å². The summed E-state index contributed by atoms with van der Waals surface area (Å²) in [6.07, 6.45) is 9.31. The van der Waals surface area contributed by atoms with E-state index in [0.29, 0.717) is 31.6 Å². The van der Waals surface area contributed by atoms with Crippen LogP contribution >= 0.6 is 24.0 Å². The molecule has 1 saturated carbocycles. The third-order valence-corrected chi connectivity index (χ3v) is 6.98. The quantitative estimate of drug-likeness (QED) is 0.143. The summed E-state index contributed by atoms with van der Waals surface area (Å²) in [7, 11) is 1.58. The van der Waals surface area contributed by atoms with Crippen molar-refractivity contribution in [2.24, 2.45) is 5.92 Å². The molecule has 37 heavy (non-hydrogen) atoms. The van der Waals surface area contributed by atoms with Crippen LogP contribution in [-0.2, 0) is 35.0 Å². The summed E-state index contributed by atoms with van der Waals surface area (Å²) in [6.45, 7) is 7.24. The number of carbonyl (C=O) groups excluding carboxylic acids is 3. The van der Waals surface area contributed by atoms with E-state index in [2.05, 4.69) is 6.58 Å². The number of Topliss-reactive ketones (excluding diaryl/α,β-unsaturated/α-hetero) is 1. The van der Waals surface area contributed by atoms with Crippen LogP contribution in [0.5, 0.6) is 0 Å². The van der Waals surface area contributed by atoms with Gasteiger partial charge in [0.15, 0.2) is 0 Å². The molecule has 0 bridgehead atoms. The number of rotatable bonds is 16. The average molecular weight is 631 g/mol. The van der Waals surface area contributed by atoms with Crippen LogP contribution in [0.3, 0.4) is 0 Å². The van der Waals surface area contributed by atoms with Crippen molar-refractivity contribution in [2.45, 2.75) is 109 Å². The molecule has 0 aromatic heterocycles. The number of hydrogen-bond donors (Lipinski definition) is 0. The molecule has 1 aromatic carbocycles. The van der Waals surface area contributed by atoms with Gasteiger partial charge >= 0.3 is 11.9 Å². The van der Waals surface area contributed by atoms with Crippen molar-refractivity contribution in [1.82, 2.24) is 0 Å². The standard InChI is InChI=1S/C30H44O6.HI.H2/c1-5-23-12-14-24(15-13-23)16-17-27(18-22(3)31)35-30(33)21-28(19-25-10-8-7-9-11-25)36-29(32)20-26(6-2)34-4;;/h5,12-15,25-28H,1,6-11,16-21H2,2-4H3;2*1H. The Hall–Kier alpha value is -1.74. The molecule has 0 heterocycles. The molecule has 210 valence electrons. The van der Waals surface area contributed by atoms with E-state index in [9.17, 15) is 14.4 Å². The fourth-order valence-electron chi connectivity index (χ4n) is 4.87. The Morgan fingerprint density at radius 3 is 2.11 bits per heavy atom. The Morgan fingerprint density at radius 1 is 0.973 bits per heavy atom. The van der Waals surface area contributed by atoms with Crippen LogP contribution in [0.25, 0.3) is 6.08 Å². The number of benzene rings is 1. The van der Waals surface area contributed by atoms with Gasteiger partial charge in [0.2, 0.25) is 0 Å². The highest BCUT2D eigenvalue weighted by molar-refractivity contribution is 14.0. The zero-order valence-electron chi connectivity index (χ0n) is 22.7. The topological polar surface area (TPSA) is 78.9 Å². The molecule has 0 aliphatic heterocycles. The first-order valence-corrected chi connectivity index (χ1v) is 13.4. The number of hydrogen-bond acceptors (Lipinski definition) is 6. The van der Waals surface area contributed by atoms with Crippen LogP contribution in [0.1, 0.15) is 97.0 Å². The van der Waals surface area contributed by atoms with Crippen molar-refractivity contribution < 1.29 is 30.0 Å². The zero-order valence-corrected chi connectivity index (χ0v) is 25.1. The minimum Gasteiger partial charge on any atom is -0.462 e. The Balaban J connectivity index is 0.00000684. The molecule has 0 saturated heterocycles. The predicted octanol–water partition coefficient (Wildman–Crippen LogP) is 7.10. The molecule has 1 aliphatic rings. The molecular formula is C30H47IO6. The van der Waals surface area contributed by atoms with Crippen molar-refractivity contribution in [3.8, 4) is 0 Å². The van der Waals surface area contributed by atoms with Gasteiger partial charge in [-0.2, -0.15) is 0 Å². The number of aryl methyl sites for hydroxylation is 1. The van der Waals surface area contributed by atoms with E-state index < -0.39 is 18.2 Å². The van der Waals surface area contributed by atoms with Crippen molar-refractivity contribution in [3.05, 3.63) is 42.0 Å². The van der Waals surface area contributed by atoms with Crippen molar-refractivity contribution in [3.63, 3.8) is 0 Å². The number of methoxy groups -OCH3 is 1. The molecular weight excluding hydrogens is 583 g/mol. The normalized spacial score (nSPS) is 16.1. The fourth-order valence-corrected chi connectivity index (χ4v) is 4.87. The molecule has 0 spiro atoms. The van der Waals surface area contributed by atoms with E-state index in [1.165, 1.54) is 26.2 Å². The van der Waals surface area contributed by atoms with Crippen LogP contribution < -0.4 is 0 Å². The smallest absolute Gasteiger partial charge is 0.309 e. The molecule has 3 atom stereocenters. The maximum atomic E-state index is 12.9. The summed E-state index contributed by atoms with van der Waals surface area (Å²) in [5.74, 6) is -0.346. The maximum Gasteiger partial charge on any atom is 0.309 e. The van der Waals surface area contributed by atoms with Crippen LogP contribution in [0, 0.1) is 5.92 Å². The highest BCUT2D eigenvalue weighted by Gasteiger charge is 2.27. The molecule has 0 amide bonds. The highest BCUT2D eigenvalue weighted by atomic mass is 127. The summed E-state index contributed by atoms with van der Waals surface area (Å²) in [5, 5.41) is 0. The van der Waals surface area contributed by atoms with Gasteiger partial charge in [-0.15, -0.1) is 24.0 Å². The number of carbonyl (C=O) groups is 3. The summed E-state index contributed by atoms with van der Waals surface area (Å²) in [5.41, 5.74) is 2.15. The van der Waals surface area contributed by atoms with E-state index in [-0.39, 0.29) is 62.5 Å². The molecule has 1 aromatic rings. The number of ketones is 1. The van der Waals surface area contributed by atoms with Crippen molar-refractivity contribution in [2.75, 3.05) is 7.11 Å². The number of halogens is 1.